The van der Waals surface area contributed by atoms with E-state index < -0.39 is 12.1 Å². The van der Waals surface area contributed by atoms with Crippen molar-refractivity contribution in [3.05, 3.63) is 0 Å². The van der Waals surface area contributed by atoms with Crippen molar-refractivity contribution >= 4 is 11.9 Å². The van der Waals surface area contributed by atoms with Crippen LogP contribution < -0.4 is 5.11 Å². The molecule has 0 fully saturated rings. The van der Waals surface area contributed by atoms with Gasteiger partial charge in [0.05, 0.1) is 21.1 Å². The van der Waals surface area contributed by atoms with Crippen molar-refractivity contribution in [2.24, 2.45) is 5.92 Å². The van der Waals surface area contributed by atoms with Crippen LogP contribution in [-0.4, -0.2) is 50.2 Å². The largest absolute Gasteiger partial charge is 0.550 e. The SMILES string of the molecule is CCCCCCCCCCCCCC(C)CCCCCCCCCC(=O)OC(CC(=O)[O-])C[N+](C)(C)C. The Hall–Kier alpha value is -1.10. The van der Waals surface area contributed by atoms with Gasteiger partial charge >= 0.3 is 5.97 Å². The topological polar surface area (TPSA) is 66.4 Å². The quantitative estimate of drug-likeness (QED) is 0.0629. The van der Waals surface area contributed by atoms with E-state index in [0.717, 1.165) is 25.2 Å². The Labute approximate surface area is 230 Å². The predicted octanol–water partition coefficient (Wildman–Crippen LogP) is 7.59. The summed E-state index contributed by atoms with van der Waals surface area (Å²) < 4.78 is 5.96. The molecule has 0 saturated carbocycles. The molecule has 0 aromatic heterocycles. The molecular formula is C32H63NO4. The number of unbranched alkanes of at least 4 members (excludes halogenated alkanes) is 16. The van der Waals surface area contributed by atoms with Crippen molar-refractivity contribution < 1.29 is 23.9 Å². The molecule has 0 aromatic rings. The van der Waals surface area contributed by atoms with E-state index in [4.69, 9.17) is 4.74 Å². The summed E-state index contributed by atoms with van der Waals surface area (Å²) in [6.07, 6.45) is 26.1. The number of carbonyl (C=O) groups is 2. The first-order chi connectivity index (χ1) is 17.6. The molecule has 5 nitrogen and oxygen atoms in total. The standard InChI is InChI=1S/C32H63NO4/c1-6-7-8-9-10-11-12-13-15-18-21-24-29(2)25-22-19-16-14-17-20-23-26-32(36)37-30(27-31(34)35)28-33(3,4)5/h29-30H,6-28H2,1-5H3. The molecule has 0 aliphatic rings. The molecule has 2 unspecified atom stereocenters. The summed E-state index contributed by atoms with van der Waals surface area (Å²) >= 11 is 0. The zero-order valence-electron chi connectivity index (χ0n) is 25.5. The highest BCUT2D eigenvalue weighted by atomic mass is 16.5. The molecule has 0 aromatic carbocycles. The molecule has 2 atom stereocenters. The molecule has 0 radical (unpaired) electrons. The molecule has 0 saturated heterocycles. The van der Waals surface area contributed by atoms with Crippen LogP contribution in [0.4, 0.5) is 0 Å². The van der Waals surface area contributed by atoms with Gasteiger partial charge in [-0.15, -0.1) is 0 Å². The zero-order valence-corrected chi connectivity index (χ0v) is 25.5. The number of ether oxygens (including phenoxy) is 1. The normalized spacial score (nSPS) is 13.4. The lowest BCUT2D eigenvalue weighted by atomic mass is 9.95. The van der Waals surface area contributed by atoms with Gasteiger partial charge in [-0.2, -0.15) is 0 Å². The summed E-state index contributed by atoms with van der Waals surface area (Å²) in [5.74, 6) is -0.594. The number of hydrogen-bond donors (Lipinski definition) is 0. The van der Waals surface area contributed by atoms with Gasteiger partial charge in [-0.05, 0) is 12.3 Å². The van der Waals surface area contributed by atoms with Gasteiger partial charge in [0, 0.05) is 18.8 Å². The first kappa shape index (κ1) is 35.9. The van der Waals surface area contributed by atoms with E-state index in [2.05, 4.69) is 13.8 Å². The Balaban J connectivity index is 3.53. The van der Waals surface area contributed by atoms with Crippen LogP contribution in [0.5, 0.6) is 0 Å². The molecule has 37 heavy (non-hydrogen) atoms. The van der Waals surface area contributed by atoms with Gasteiger partial charge in [0.2, 0.25) is 0 Å². The molecule has 0 aliphatic carbocycles. The van der Waals surface area contributed by atoms with Crippen molar-refractivity contribution in [2.45, 2.75) is 161 Å². The number of carbonyl (C=O) groups excluding carboxylic acids is 2. The number of likely N-dealkylation sites (N-methyl/N-ethyl adjacent to an activating group) is 1. The van der Waals surface area contributed by atoms with E-state index in [1.54, 1.807) is 0 Å². The molecule has 0 spiro atoms. The Morgan fingerprint density at radius 3 is 1.49 bits per heavy atom. The van der Waals surface area contributed by atoms with Gasteiger partial charge in [-0.3, -0.25) is 4.79 Å². The smallest absolute Gasteiger partial charge is 0.306 e. The molecule has 0 heterocycles. The van der Waals surface area contributed by atoms with E-state index in [1.807, 2.05) is 21.1 Å². The average molecular weight is 526 g/mol. The highest BCUT2D eigenvalue weighted by molar-refractivity contribution is 5.70. The van der Waals surface area contributed by atoms with Crippen LogP contribution in [0.15, 0.2) is 0 Å². The molecular weight excluding hydrogens is 462 g/mol. The van der Waals surface area contributed by atoms with Crippen LogP contribution in [0.1, 0.15) is 155 Å². The van der Waals surface area contributed by atoms with Gasteiger partial charge in [0.25, 0.3) is 0 Å². The number of quaternary nitrogens is 1. The van der Waals surface area contributed by atoms with Crippen LogP contribution in [-0.2, 0) is 14.3 Å². The summed E-state index contributed by atoms with van der Waals surface area (Å²) in [5, 5.41) is 10.9. The van der Waals surface area contributed by atoms with Crippen LogP contribution >= 0.6 is 0 Å². The Morgan fingerprint density at radius 1 is 0.676 bits per heavy atom. The number of hydrogen-bond acceptors (Lipinski definition) is 4. The maximum absolute atomic E-state index is 12.1. The summed E-state index contributed by atoms with van der Waals surface area (Å²) in [6, 6.07) is 0. The maximum atomic E-state index is 12.1. The van der Waals surface area contributed by atoms with E-state index in [-0.39, 0.29) is 12.4 Å². The minimum atomic E-state index is -1.17. The summed E-state index contributed by atoms with van der Waals surface area (Å²) in [5.41, 5.74) is 0. The number of carboxylic acid groups (broad SMARTS) is 1. The lowest BCUT2D eigenvalue weighted by molar-refractivity contribution is -0.873. The monoisotopic (exact) mass is 525 g/mol. The Kier molecular flexibility index (Phi) is 23.3. The lowest BCUT2D eigenvalue weighted by Gasteiger charge is -2.29. The summed E-state index contributed by atoms with van der Waals surface area (Å²) in [6.45, 7) is 5.18. The van der Waals surface area contributed by atoms with Gasteiger partial charge in [-0.25, -0.2) is 0 Å². The van der Waals surface area contributed by atoms with Crippen molar-refractivity contribution in [3.8, 4) is 0 Å². The van der Waals surface area contributed by atoms with Crippen LogP contribution in [0.25, 0.3) is 0 Å². The minimum Gasteiger partial charge on any atom is -0.550 e. The first-order valence-corrected chi connectivity index (χ1v) is 15.8. The Bertz CT molecular complexity index is 543. The number of esters is 1. The number of nitrogens with zero attached hydrogens (tertiary/aromatic N) is 1. The van der Waals surface area contributed by atoms with Gasteiger partial charge in [0.1, 0.15) is 6.54 Å². The van der Waals surface area contributed by atoms with Crippen LogP contribution in [0.2, 0.25) is 0 Å². The molecule has 0 N–H and O–H groups in total. The summed E-state index contributed by atoms with van der Waals surface area (Å²) in [4.78, 5) is 23.1. The zero-order chi connectivity index (χ0) is 27.8. The van der Waals surface area contributed by atoms with Crippen LogP contribution in [0, 0.1) is 5.92 Å². The summed E-state index contributed by atoms with van der Waals surface area (Å²) in [7, 11) is 5.86. The minimum absolute atomic E-state index is 0.237. The predicted molar refractivity (Wildman–Crippen MR) is 154 cm³/mol. The number of aliphatic carboxylic acids is 1. The third-order valence-electron chi connectivity index (χ3n) is 7.32. The molecule has 0 amide bonds. The maximum Gasteiger partial charge on any atom is 0.306 e. The molecule has 220 valence electrons. The highest BCUT2D eigenvalue weighted by Gasteiger charge is 2.22. The van der Waals surface area contributed by atoms with E-state index in [0.29, 0.717) is 17.4 Å². The van der Waals surface area contributed by atoms with Crippen molar-refractivity contribution in [2.75, 3.05) is 27.7 Å². The van der Waals surface area contributed by atoms with E-state index >= 15 is 0 Å². The lowest BCUT2D eigenvalue weighted by Crippen LogP contribution is -2.45. The highest BCUT2D eigenvalue weighted by Crippen LogP contribution is 2.19. The second kappa shape index (κ2) is 24.0. The fourth-order valence-electron chi connectivity index (χ4n) is 5.13. The molecule has 0 rings (SSSR count). The van der Waals surface area contributed by atoms with E-state index in [9.17, 15) is 14.7 Å². The second-order valence-electron chi connectivity index (χ2n) is 12.6. The van der Waals surface area contributed by atoms with Crippen molar-refractivity contribution in [1.29, 1.82) is 0 Å². The van der Waals surface area contributed by atoms with Gasteiger partial charge in [0.15, 0.2) is 6.10 Å². The van der Waals surface area contributed by atoms with Crippen molar-refractivity contribution in [3.63, 3.8) is 0 Å². The fourth-order valence-corrected chi connectivity index (χ4v) is 5.13. The third kappa shape index (κ3) is 27.7. The second-order valence-corrected chi connectivity index (χ2v) is 12.6. The Morgan fingerprint density at radius 2 is 1.08 bits per heavy atom. The molecule has 0 aliphatic heterocycles. The fraction of sp³-hybridized carbons (Fsp3) is 0.938. The molecule has 0 bridgehead atoms. The van der Waals surface area contributed by atoms with E-state index in [1.165, 1.54) is 109 Å². The van der Waals surface area contributed by atoms with Crippen LogP contribution in [0.3, 0.4) is 0 Å². The third-order valence-corrected chi connectivity index (χ3v) is 7.32. The van der Waals surface area contributed by atoms with Crippen molar-refractivity contribution in [1.82, 2.24) is 0 Å². The van der Waals surface area contributed by atoms with Gasteiger partial charge < -0.3 is 19.1 Å². The molecule has 5 heteroatoms. The first-order valence-electron chi connectivity index (χ1n) is 15.8. The van der Waals surface area contributed by atoms with Gasteiger partial charge in [-0.1, -0.05) is 136 Å². The number of carboxylic acids is 1. The average Bonchev–Trinajstić information content (AvgIpc) is 2.79. The number of rotatable bonds is 27.